The van der Waals surface area contributed by atoms with E-state index in [1.54, 1.807) is 0 Å². The standard InChI is InChI=1S/C13H20BrClN2O3S/c1-13(2,3)6-9(18)7-17-21(19,20)11-5-8(15)4-10(16)12(11)14/h4-5,9,17-18H,6-7,16H2,1-3H3. The summed E-state index contributed by atoms with van der Waals surface area (Å²) < 4.78 is 27.1. The van der Waals surface area contributed by atoms with Gasteiger partial charge in [-0.3, -0.25) is 0 Å². The Kier molecular flexibility index (Phi) is 6.08. The van der Waals surface area contributed by atoms with Crippen molar-refractivity contribution in [2.24, 2.45) is 5.41 Å². The molecule has 0 saturated carbocycles. The highest BCUT2D eigenvalue weighted by Crippen LogP contribution is 2.31. The first kappa shape index (κ1) is 18.7. The lowest BCUT2D eigenvalue weighted by Gasteiger charge is -2.22. The van der Waals surface area contributed by atoms with Gasteiger partial charge >= 0.3 is 0 Å². The van der Waals surface area contributed by atoms with Crippen LogP contribution in [0.1, 0.15) is 27.2 Å². The molecule has 4 N–H and O–H groups in total. The van der Waals surface area contributed by atoms with Crippen molar-refractivity contribution < 1.29 is 13.5 Å². The van der Waals surface area contributed by atoms with Crippen LogP contribution >= 0.6 is 27.5 Å². The van der Waals surface area contributed by atoms with E-state index >= 15 is 0 Å². The average molecular weight is 400 g/mol. The van der Waals surface area contributed by atoms with Gasteiger partial charge in [0.15, 0.2) is 0 Å². The number of anilines is 1. The number of rotatable bonds is 5. The van der Waals surface area contributed by atoms with Crippen molar-refractivity contribution in [3.63, 3.8) is 0 Å². The number of hydrogen-bond donors (Lipinski definition) is 3. The predicted octanol–water partition coefficient (Wildman–Crippen LogP) is 2.76. The van der Waals surface area contributed by atoms with Gasteiger partial charge in [-0.2, -0.15) is 0 Å². The number of sulfonamides is 1. The van der Waals surface area contributed by atoms with Crippen LogP contribution in [0, 0.1) is 5.41 Å². The van der Waals surface area contributed by atoms with Crippen molar-refractivity contribution >= 4 is 43.2 Å². The third-order valence-corrected chi connectivity index (χ3v) is 5.49. The highest BCUT2D eigenvalue weighted by molar-refractivity contribution is 9.10. The molecule has 0 bridgehead atoms. The number of aliphatic hydroxyl groups is 1. The number of nitrogens with two attached hydrogens (primary N) is 1. The van der Waals surface area contributed by atoms with Gasteiger partial charge in [0, 0.05) is 17.3 Å². The van der Waals surface area contributed by atoms with Crippen molar-refractivity contribution in [1.82, 2.24) is 4.72 Å². The van der Waals surface area contributed by atoms with E-state index in [4.69, 9.17) is 17.3 Å². The van der Waals surface area contributed by atoms with Gasteiger partial charge in [0.2, 0.25) is 10.0 Å². The fourth-order valence-corrected chi connectivity index (χ4v) is 4.21. The molecule has 5 nitrogen and oxygen atoms in total. The minimum atomic E-state index is -3.81. The van der Waals surface area contributed by atoms with E-state index in [2.05, 4.69) is 20.7 Å². The number of nitrogens with one attached hydrogen (secondary N) is 1. The molecule has 21 heavy (non-hydrogen) atoms. The summed E-state index contributed by atoms with van der Waals surface area (Å²) in [5.74, 6) is 0. The SMILES string of the molecule is CC(C)(C)CC(O)CNS(=O)(=O)c1cc(Cl)cc(N)c1Br. The third kappa shape index (κ3) is 5.75. The van der Waals surface area contributed by atoms with Gasteiger partial charge in [-0.15, -0.1) is 0 Å². The molecule has 0 aliphatic heterocycles. The fourth-order valence-electron chi connectivity index (χ4n) is 1.84. The minimum Gasteiger partial charge on any atom is -0.398 e. The molecule has 1 unspecified atom stereocenters. The van der Waals surface area contributed by atoms with E-state index in [0.717, 1.165) is 0 Å². The molecular weight excluding hydrogens is 380 g/mol. The molecule has 0 heterocycles. The molecule has 0 radical (unpaired) electrons. The number of aliphatic hydroxyl groups excluding tert-OH is 1. The average Bonchev–Trinajstić information content (AvgIpc) is 2.29. The molecule has 0 fully saturated rings. The summed E-state index contributed by atoms with van der Waals surface area (Å²) in [7, 11) is -3.81. The second-order valence-electron chi connectivity index (χ2n) is 6.08. The first-order valence-electron chi connectivity index (χ1n) is 6.34. The molecule has 0 aliphatic carbocycles. The summed E-state index contributed by atoms with van der Waals surface area (Å²) in [6.45, 7) is 5.84. The quantitative estimate of drug-likeness (QED) is 0.664. The first-order valence-corrected chi connectivity index (χ1v) is 9.00. The van der Waals surface area contributed by atoms with E-state index in [9.17, 15) is 13.5 Å². The topological polar surface area (TPSA) is 92.4 Å². The Hall–Kier alpha value is -0.340. The lowest BCUT2D eigenvalue weighted by Crippen LogP contribution is -2.34. The summed E-state index contributed by atoms with van der Waals surface area (Å²) >= 11 is 8.98. The van der Waals surface area contributed by atoms with Crippen LogP contribution in [0.15, 0.2) is 21.5 Å². The Bertz CT molecular complexity index is 615. The monoisotopic (exact) mass is 398 g/mol. The Morgan fingerprint density at radius 3 is 2.52 bits per heavy atom. The molecule has 8 heteroatoms. The zero-order chi connectivity index (χ0) is 16.4. The summed E-state index contributed by atoms with van der Waals surface area (Å²) in [6, 6.07) is 2.76. The Balaban J connectivity index is 2.88. The zero-order valence-corrected chi connectivity index (χ0v) is 15.3. The maximum atomic E-state index is 12.3. The third-order valence-electron chi connectivity index (χ3n) is 2.68. The number of hydrogen-bond acceptors (Lipinski definition) is 4. The van der Waals surface area contributed by atoms with Crippen molar-refractivity contribution in [2.45, 2.75) is 38.2 Å². The highest BCUT2D eigenvalue weighted by atomic mass is 79.9. The van der Waals surface area contributed by atoms with Gasteiger partial charge in [-0.25, -0.2) is 13.1 Å². The van der Waals surface area contributed by atoms with Crippen LogP contribution in [0.3, 0.4) is 0 Å². The van der Waals surface area contributed by atoms with Crippen molar-refractivity contribution in [2.75, 3.05) is 12.3 Å². The van der Waals surface area contributed by atoms with Crippen molar-refractivity contribution in [1.29, 1.82) is 0 Å². The van der Waals surface area contributed by atoms with Gasteiger partial charge < -0.3 is 10.8 Å². The largest absolute Gasteiger partial charge is 0.398 e. The molecule has 1 rings (SSSR count). The van der Waals surface area contributed by atoms with Crippen LogP contribution in [-0.2, 0) is 10.0 Å². The van der Waals surface area contributed by atoms with Gasteiger partial charge in [0.1, 0.15) is 0 Å². The molecule has 0 spiro atoms. The maximum Gasteiger partial charge on any atom is 0.241 e. The molecule has 0 saturated heterocycles. The predicted molar refractivity (Wildman–Crippen MR) is 88.8 cm³/mol. The van der Waals surface area contributed by atoms with E-state index in [1.165, 1.54) is 12.1 Å². The Morgan fingerprint density at radius 2 is 2.00 bits per heavy atom. The molecule has 0 amide bonds. The minimum absolute atomic E-state index is 0.0459. The molecule has 0 aliphatic rings. The Morgan fingerprint density at radius 1 is 1.43 bits per heavy atom. The summed E-state index contributed by atoms with van der Waals surface area (Å²) in [5.41, 5.74) is 5.83. The van der Waals surface area contributed by atoms with Gasteiger partial charge in [0.05, 0.1) is 15.5 Å². The lowest BCUT2D eigenvalue weighted by atomic mass is 9.89. The second-order valence-corrected chi connectivity index (χ2v) is 9.04. The normalized spacial score (nSPS) is 14.2. The van der Waals surface area contributed by atoms with Gasteiger partial charge in [-0.1, -0.05) is 32.4 Å². The molecule has 1 aromatic rings. The molecule has 0 aromatic heterocycles. The number of nitrogen functional groups attached to an aromatic ring is 1. The van der Waals surface area contributed by atoms with Crippen LogP contribution in [0.2, 0.25) is 5.02 Å². The van der Waals surface area contributed by atoms with Crippen LogP contribution in [0.25, 0.3) is 0 Å². The lowest BCUT2D eigenvalue weighted by molar-refractivity contribution is 0.125. The summed E-state index contributed by atoms with van der Waals surface area (Å²) in [4.78, 5) is -0.0459. The van der Waals surface area contributed by atoms with Crippen LogP contribution in [0.4, 0.5) is 5.69 Å². The van der Waals surface area contributed by atoms with Crippen LogP contribution in [-0.4, -0.2) is 26.2 Å². The van der Waals surface area contributed by atoms with Gasteiger partial charge in [-0.05, 0) is 39.9 Å². The number of benzene rings is 1. The molecule has 1 aromatic carbocycles. The molecule has 1 atom stereocenters. The zero-order valence-electron chi connectivity index (χ0n) is 12.2. The maximum absolute atomic E-state index is 12.3. The first-order chi connectivity index (χ1) is 9.42. The van der Waals surface area contributed by atoms with Crippen molar-refractivity contribution in [3.8, 4) is 0 Å². The second kappa shape index (κ2) is 6.83. The van der Waals surface area contributed by atoms with Crippen LogP contribution in [0.5, 0.6) is 0 Å². The van der Waals surface area contributed by atoms with E-state index in [0.29, 0.717) is 6.42 Å². The summed E-state index contributed by atoms with van der Waals surface area (Å²) in [6.07, 6.45) is -0.288. The van der Waals surface area contributed by atoms with Gasteiger partial charge in [0.25, 0.3) is 0 Å². The van der Waals surface area contributed by atoms with E-state index in [-0.39, 0.29) is 32.0 Å². The number of halogens is 2. The fraction of sp³-hybridized carbons (Fsp3) is 0.538. The van der Waals surface area contributed by atoms with E-state index in [1.807, 2.05) is 20.8 Å². The summed E-state index contributed by atoms with van der Waals surface area (Å²) in [5, 5.41) is 10.1. The smallest absolute Gasteiger partial charge is 0.241 e. The Labute approximate surface area is 139 Å². The van der Waals surface area contributed by atoms with Crippen LogP contribution < -0.4 is 10.5 Å². The highest BCUT2D eigenvalue weighted by Gasteiger charge is 2.23. The van der Waals surface area contributed by atoms with Crippen molar-refractivity contribution in [3.05, 3.63) is 21.6 Å². The molecule has 120 valence electrons. The molecular formula is C13H20BrClN2O3S. The van der Waals surface area contributed by atoms with E-state index < -0.39 is 16.1 Å².